The van der Waals surface area contributed by atoms with E-state index in [4.69, 9.17) is 5.11 Å². The summed E-state index contributed by atoms with van der Waals surface area (Å²) in [5.41, 5.74) is 2.84. The lowest BCUT2D eigenvalue weighted by Gasteiger charge is -2.24. The summed E-state index contributed by atoms with van der Waals surface area (Å²) in [6.45, 7) is 6.59. The van der Waals surface area contributed by atoms with E-state index in [-0.39, 0.29) is 6.42 Å². The van der Waals surface area contributed by atoms with Crippen LogP contribution in [-0.4, -0.2) is 28.8 Å². The van der Waals surface area contributed by atoms with E-state index in [0.717, 1.165) is 23.1 Å². The van der Waals surface area contributed by atoms with Gasteiger partial charge in [0.05, 0.1) is 12.5 Å². The second-order valence-corrected chi connectivity index (χ2v) is 4.96. The second-order valence-electron chi connectivity index (χ2n) is 4.96. The third kappa shape index (κ3) is 4.65. The van der Waals surface area contributed by atoms with Crippen molar-refractivity contribution in [2.45, 2.75) is 45.8 Å². The zero-order valence-electron chi connectivity index (χ0n) is 11.8. The molecule has 1 rings (SSSR count). The molecule has 0 heterocycles. The molecule has 0 radical (unpaired) electrons. The molecule has 1 aromatic carbocycles. The average molecular weight is 265 g/mol. The molecule has 0 amide bonds. The van der Waals surface area contributed by atoms with Crippen LogP contribution < -0.4 is 5.32 Å². The molecule has 0 bridgehead atoms. The van der Waals surface area contributed by atoms with Gasteiger partial charge in [-0.2, -0.15) is 0 Å². The maximum Gasteiger partial charge on any atom is 0.305 e. The molecule has 19 heavy (non-hydrogen) atoms. The summed E-state index contributed by atoms with van der Waals surface area (Å²) in [6, 6.07) is 5.39. The first-order valence-electron chi connectivity index (χ1n) is 6.66. The minimum atomic E-state index is -0.905. The van der Waals surface area contributed by atoms with Gasteiger partial charge in [-0.1, -0.05) is 30.7 Å². The monoisotopic (exact) mass is 265 g/mol. The first-order valence-corrected chi connectivity index (χ1v) is 6.66. The van der Waals surface area contributed by atoms with Crippen LogP contribution in [0, 0.1) is 13.8 Å². The second kappa shape index (κ2) is 7.26. The molecule has 0 aromatic heterocycles. The number of nitrogens with one attached hydrogen (secondary N) is 1. The fourth-order valence-corrected chi connectivity index (χ4v) is 2.11. The summed E-state index contributed by atoms with van der Waals surface area (Å²) < 4.78 is 0. The molecule has 0 fully saturated rings. The summed E-state index contributed by atoms with van der Waals surface area (Å²) in [5.74, 6) is -0.905. The lowest BCUT2D eigenvalue weighted by atomic mass is 9.94. The van der Waals surface area contributed by atoms with E-state index in [0.29, 0.717) is 6.54 Å². The van der Waals surface area contributed by atoms with Crippen molar-refractivity contribution in [2.75, 3.05) is 6.54 Å². The molecule has 0 aliphatic carbocycles. The van der Waals surface area contributed by atoms with Crippen molar-refractivity contribution in [3.05, 3.63) is 34.9 Å². The number of aryl methyl sites for hydroxylation is 2. The van der Waals surface area contributed by atoms with Gasteiger partial charge < -0.3 is 15.5 Å². The van der Waals surface area contributed by atoms with Crippen LogP contribution in [0.5, 0.6) is 0 Å². The van der Waals surface area contributed by atoms with Crippen molar-refractivity contribution in [1.29, 1.82) is 0 Å². The first-order chi connectivity index (χ1) is 8.95. The standard InChI is InChI=1S/C15H23NO3/c1-4-7-16-13(9-14(17)18)15(19)12-8-10(2)5-6-11(12)3/h5-6,8,13,15-16,19H,4,7,9H2,1-3H3,(H,17,18). The minimum Gasteiger partial charge on any atom is -0.481 e. The Bertz CT molecular complexity index is 431. The van der Waals surface area contributed by atoms with Gasteiger partial charge in [-0.3, -0.25) is 4.79 Å². The first kappa shape index (κ1) is 15.7. The number of hydrogen-bond donors (Lipinski definition) is 3. The van der Waals surface area contributed by atoms with E-state index in [1.807, 2.05) is 39.0 Å². The highest BCUT2D eigenvalue weighted by atomic mass is 16.4. The molecule has 1 aromatic rings. The van der Waals surface area contributed by atoms with Crippen LogP contribution in [0.15, 0.2) is 18.2 Å². The number of benzene rings is 1. The van der Waals surface area contributed by atoms with Crippen LogP contribution in [0.25, 0.3) is 0 Å². The molecule has 0 spiro atoms. The van der Waals surface area contributed by atoms with Crippen LogP contribution in [0.3, 0.4) is 0 Å². The smallest absolute Gasteiger partial charge is 0.305 e. The van der Waals surface area contributed by atoms with Crippen LogP contribution in [-0.2, 0) is 4.79 Å². The SMILES string of the molecule is CCCNC(CC(=O)O)C(O)c1cc(C)ccc1C. The van der Waals surface area contributed by atoms with E-state index in [2.05, 4.69) is 5.32 Å². The number of hydrogen-bond acceptors (Lipinski definition) is 3. The Morgan fingerprint density at radius 3 is 2.63 bits per heavy atom. The van der Waals surface area contributed by atoms with Gasteiger partial charge in [-0.05, 0) is 37.9 Å². The van der Waals surface area contributed by atoms with E-state index < -0.39 is 18.1 Å². The Kier molecular flexibility index (Phi) is 5.99. The van der Waals surface area contributed by atoms with Crippen molar-refractivity contribution in [3.63, 3.8) is 0 Å². The quantitative estimate of drug-likeness (QED) is 0.706. The number of aliphatic hydroxyl groups excluding tert-OH is 1. The number of carbonyl (C=O) groups is 1. The summed E-state index contributed by atoms with van der Waals surface area (Å²) in [6.07, 6.45) is 0.00652. The molecule has 4 nitrogen and oxygen atoms in total. The zero-order chi connectivity index (χ0) is 14.4. The molecule has 2 unspecified atom stereocenters. The van der Waals surface area contributed by atoms with E-state index in [1.165, 1.54) is 0 Å². The van der Waals surface area contributed by atoms with Crippen LogP contribution in [0.1, 0.15) is 42.6 Å². The molecule has 0 saturated carbocycles. The van der Waals surface area contributed by atoms with Gasteiger partial charge >= 0.3 is 5.97 Å². The van der Waals surface area contributed by atoms with Crippen LogP contribution >= 0.6 is 0 Å². The summed E-state index contributed by atoms with van der Waals surface area (Å²) in [4.78, 5) is 10.9. The topological polar surface area (TPSA) is 69.6 Å². The Morgan fingerprint density at radius 2 is 2.05 bits per heavy atom. The van der Waals surface area contributed by atoms with Gasteiger partial charge in [0.1, 0.15) is 0 Å². The van der Waals surface area contributed by atoms with Gasteiger partial charge in [0.15, 0.2) is 0 Å². The number of carboxylic acid groups (broad SMARTS) is 1. The summed E-state index contributed by atoms with van der Waals surface area (Å²) in [7, 11) is 0. The lowest BCUT2D eigenvalue weighted by Crippen LogP contribution is -2.37. The normalized spacial score (nSPS) is 14.1. The Hall–Kier alpha value is -1.39. The number of carboxylic acids is 1. The average Bonchev–Trinajstić information content (AvgIpc) is 2.36. The van der Waals surface area contributed by atoms with Gasteiger partial charge in [-0.25, -0.2) is 0 Å². The Morgan fingerprint density at radius 1 is 1.37 bits per heavy atom. The van der Waals surface area contributed by atoms with E-state index in [1.54, 1.807) is 0 Å². The van der Waals surface area contributed by atoms with Crippen molar-refractivity contribution in [2.24, 2.45) is 0 Å². The lowest BCUT2D eigenvalue weighted by molar-refractivity contribution is -0.138. The van der Waals surface area contributed by atoms with Crippen molar-refractivity contribution >= 4 is 5.97 Å². The largest absolute Gasteiger partial charge is 0.481 e. The molecule has 2 atom stereocenters. The Labute approximate surface area is 114 Å². The van der Waals surface area contributed by atoms with Gasteiger partial charge in [-0.15, -0.1) is 0 Å². The van der Waals surface area contributed by atoms with Gasteiger partial charge in [0.2, 0.25) is 0 Å². The fraction of sp³-hybridized carbons (Fsp3) is 0.533. The maximum absolute atomic E-state index is 10.9. The molecule has 0 aliphatic rings. The Balaban J connectivity index is 2.93. The van der Waals surface area contributed by atoms with Crippen LogP contribution in [0.4, 0.5) is 0 Å². The predicted molar refractivity (Wildman–Crippen MR) is 75.2 cm³/mol. The van der Waals surface area contributed by atoms with Gasteiger partial charge in [0.25, 0.3) is 0 Å². The summed E-state index contributed by atoms with van der Waals surface area (Å²) in [5, 5.41) is 22.5. The van der Waals surface area contributed by atoms with Crippen LogP contribution in [0.2, 0.25) is 0 Å². The third-order valence-corrected chi connectivity index (χ3v) is 3.19. The number of rotatable bonds is 7. The highest BCUT2D eigenvalue weighted by molar-refractivity contribution is 5.67. The van der Waals surface area contributed by atoms with E-state index in [9.17, 15) is 9.90 Å². The molecule has 4 heteroatoms. The number of aliphatic hydroxyl groups is 1. The highest BCUT2D eigenvalue weighted by Gasteiger charge is 2.24. The molecule has 0 aliphatic heterocycles. The zero-order valence-corrected chi connectivity index (χ0v) is 11.8. The highest BCUT2D eigenvalue weighted by Crippen LogP contribution is 2.23. The van der Waals surface area contributed by atoms with Crippen molar-refractivity contribution in [1.82, 2.24) is 5.32 Å². The molecule has 0 saturated heterocycles. The molecular formula is C15H23NO3. The summed E-state index contributed by atoms with van der Waals surface area (Å²) >= 11 is 0. The third-order valence-electron chi connectivity index (χ3n) is 3.19. The minimum absolute atomic E-state index is 0.0887. The molecule has 106 valence electrons. The number of aliphatic carboxylic acids is 1. The molecular weight excluding hydrogens is 242 g/mol. The maximum atomic E-state index is 10.9. The predicted octanol–water partition coefficient (Wildman–Crippen LogP) is 2.18. The van der Waals surface area contributed by atoms with Crippen molar-refractivity contribution < 1.29 is 15.0 Å². The van der Waals surface area contributed by atoms with Crippen molar-refractivity contribution in [3.8, 4) is 0 Å². The van der Waals surface area contributed by atoms with Gasteiger partial charge in [0, 0.05) is 6.04 Å². The van der Waals surface area contributed by atoms with E-state index >= 15 is 0 Å². The fourth-order valence-electron chi connectivity index (χ4n) is 2.11. The molecule has 3 N–H and O–H groups in total.